The van der Waals surface area contributed by atoms with E-state index in [-0.39, 0.29) is 0 Å². The SMILES string of the molecule is Cc1[c]c(-c2ccc(C)c3ccccc23)ccc1. The first-order valence-electron chi connectivity index (χ1n) is 6.23. The van der Waals surface area contributed by atoms with E-state index in [4.69, 9.17) is 0 Å². The van der Waals surface area contributed by atoms with Crippen LogP contribution in [-0.4, -0.2) is 0 Å². The van der Waals surface area contributed by atoms with Gasteiger partial charge in [0.15, 0.2) is 0 Å². The second kappa shape index (κ2) is 4.30. The highest BCUT2D eigenvalue weighted by molar-refractivity contribution is 5.98. The Morgan fingerprint density at radius 2 is 1.50 bits per heavy atom. The molecule has 0 nitrogen and oxygen atoms in total. The average Bonchev–Trinajstić information content (AvgIpc) is 2.39. The van der Waals surface area contributed by atoms with E-state index in [0.717, 1.165) is 0 Å². The van der Waals surface area contributed by atoms with Gasteiger partial charge in [-0.05, 0) is 52.9 Å². The van der Waals surface area contributed by atoms with E-state index in [1.165, 1.54) is 33.0 Å². The molecule has 3 aromatic carbocycles. The Morgan fingerprint density at radius 1 is 0.722 bits per heavy atom. The summed E-state index contributed by atoms with van der Waals surface area (Å²) in [6.45, 7) is 4.24. The molecule has 0 fully saturated rings. The third-order valence-electron chi connectivity index (χ3n) is 3.37. The number of benzene rings is 3. The van der Waals surface area contributed by atoms with Gasteiger partial charge in [0.25, 0.3) is 0 Å². The number of rotatable bonds is 1. The first kappa shape index (κ1) is 11.0. The fourth-order valence-corrected chi connectivity index (χ4v) is 2.43. The zero-order chi connectivity index (χ0) is 12.5. The molecule has 0 aliphatic heterocycles. The monoisotopic (exact) mass is 231 g/mol. The van der Waals surface area contributed by atoms with E-state index in [2.05, 4.69) is 74.5 Å². The average molecular weight is 231 g/mol. The highest BCUT2D eigenvalue weighted by atomic mass is 14.1. The first-order valence-corrected chi connectivity index (χ1v) is 6.23. The lowest BCUT2D eigenvalue weighted by Gasteiger charge is -2.09. The fraction of sp³-hybridized carbons (Fsp3) is 0.111. The molecule has 0 unspecified atom stereocenters. The molecule has 0 atom stereocenters. The maximum Gasteiger partial charge on any atom is -0.00670 e. The molecule has 0 aliphatic carbocycles. The predicted octanol–water partition coefficient (Wildman–Crippen LogP) is 4.92. The van der Waals surface area contributed by atoms with Crippen molar-refractivity contribution in [2.45, 2.75) is 13.8 Å². The van der Waals surface area contributed by atoms with Gasteiger partial charge in [-0.1, -0.05) is 54.6 Å². The van der Waals surface area contributed by atoms with Crippen LogP contribution < -0.4 is 0 Å². The molecular formula is C18H15. The number of hydrogen-bond acceptors (Lipinski definition) is 0. The lowest BCUT2D eigenvalue weighted by molar-refractivity contribution is 1.45. The Hall–Kier alpha value is -2.08. The van der Waals surface area contributed by atoms with Crippen molar-refractivity contribution in [3.05, 3.63) is 71.8 Å². The van der Waals surface area contributed by atoms with Crippen LogP contribution in [0.15, 0.2) is 54.6 Å². The molecular weight excluding hydrogens is 216 g/mol. The summed E-state index contributed by atoms with van der Waals surface area (Å²) in [6.07, 6.45) is 0. The van der Waals surface area contributed by atoms with Crippen molar-refractivity contribution in [3.63, 3.8) is 0 Å². The van der Waals surface area contributed by atoms with Crippen molar-refractivity contribution in [3.8, 4) is 11.1 Å². The molecule has 3 aromatic rings. The standard InChI is InChI=1S/C18H15/c1-13-6-5-7-15(12-13)17-11-10-14(2)16-8-3-4-9-18(16)17/h3-11H,1-2H3. The minimum Gasteiger partial charge on any atom is -0.0616 e. The summed E-state index contributed by atoms with van der Waals surface area (Å²) in [5.74, 6) is 0. The zero-order valence-electron chi connectivity index (χ0n) is 10.7. The van der Waals surface area contributed by atoms with E-state index in [9.17, 15) is 0 Å². The summed E-state index contributed by atoms with van der Waals surface area (Å²) in [5.41, 5.74) is 4.94. The van der Waals surface area contributed by atoms with Crippen molar-refractivity contribution in [1.82, 2.24) is 0 Å². The molecule has 87 valence electrons. The minimum atomic E-state index is 1.17. The van der Waals surface area contributed by atoms with Gasteiger partial charge in [0.05, 0.1) is 0 Å². The molecule has 0 aromatic heterocycles. The molecule has 0 heteroatoms. The molecule has 0 saturated carbocycles. The Morgan fingerprint density at radius 3 is 2.28 bits per heavy atom. The Balaban J connectivity index is 2.33. The first-order chi connectivity index (χ1) is 8.75. The molecule has 0 heterocycles. The Bertz CT molecular complexity index is 708. The van der Waals surface area contributed by atoms with Crippen LogP contribution in [0.4, 0.5) is 0 Å². The van der Waals surface area contributed by atoms with Crippen molar-refractivity contribution in [2.24, 2.45) is 0 Å². The van der Waals surface area contributed by atoms with E-state index in [1.807, 2.05) is 0 Å². The molecule has 0 spiro atoms. The van der Waals surface area contributed by atoms with Crippen molar-refractivity contribution >= 4 is 10.8 Å². The summed E-state index contributed by atoms with van der Waals surface area (Å²) >= 11 is 0. The third kappa shape index (κ3) is 1.80. The molecule has 0 bridgehead atoms. The third-order valence-corrected chi connectivity index (χ3v) is 3.37. The second-order valence-electron chi connectivity index (χ2n) is 4.72. The van der Waals surface area contributed by atoms with Crippen LogP contribution in [0.2, 0.25) is 0 Å². The fourth-order valence-electron chi connectivity index (χ4n) is 2.43. The second-order valence-corrected chi connectivity index (χ2v) is 4.72. The van der Waals surface area contributed by atoms with Crippen molar-refractivity contribution < 1.29 is 0 Å². The van der Waals surface area contributed by atoms with Crippen LogP contribution in [0.25, 0.3) is 21.9 Å². The summed E-state index contributed by atoms with van der Waals surface area (Å²) < 4.78 is 0. The van der Waals surface area contributed by atoms with Crippen LogP contribution in [0.5, 0.6) is 0 Å². The van der Waals surface area contributed by atoms with E-state index >= 15 is 0 Å². The van der Waals surface area contributed by atoms with Gasteiger partial charge in [0, 0.05) is 0 Å². The number of hydrogen-bond donors (Lipinski definition) is 0. The van der Waals surface area contributed by atoms with E-state index in [0.29, 0.717) is 0 Å². The van der Waals surface area contributed by atoms with Gasteiger partial charge < -0.3 is 0 Å². The van der Waals surface area contributed by atoms with Crippen LogP contribution >= 0.6 is 0 Å². The van der Waals surface area contributed by atoms with Crippen molar-refractivity contribution in [1.29, 1.82) is 0 Å². The lowest BCUT2D eigenvalue weighted by Crippen LogP contribution is -1.85. The van der Waals surface area contributed by atoms with Gasteiger partial charge in [-0.15, -0.1) is 0 Å². The minimum absolute atomic E-state index is 1.17. The number of aryl methyl sites for hydroxylation is 2. The molecule has 18 heavy (non-hydrogen) atoms. The summed E-state index contributed by atoms with van der Waals surface area (Å²) in [4.78, 5) is 0. The molecule has 3 rings (SSSR count). The maximum atomic E-state index is 3.44. The topological polar surface area (TPSA) is 0 Å². The van der Waals surface area contributed by atoms with Gasteiger partial charge >= 0.3 is 0 Å². The molecule has 0 amide bonds. The van der Waals surface area contributed by atoms with Gasteiger partial charge in [0.2, 0.25) is 0 Å². The maximum absolute atomic E-state index is 3.44. The summed E-state index contributed by atoms with van der Waals surface area (Å²) in [7, 11) is 0. The zero-order valence-corrected chi connectivity index (χ0v) is 10.7. The van der Waals surface area contributed by atoms with Gasteiger partial charge in [-0.25, -0.2) is 0 Å². The van der Waals surface area contributed by atoms with E-state index < -0.39 is 0 Å². The molecule has 0 aliphatic rings. The lowest BCUT2D eigenvalue weighted by atomic mass is 9.95. The van der Waals surface area contributed by atoms with Crippen LogP contribution in [0.1, 0.15) is 11.1 Å². The highest BCUT2D eigenvalue weighted by Gasteiger charge is 2.05. The van der Waals surface area contributed by atoms with Gasteiger partial charge in [-0.2, -0.15) is 0 Å². The smallest absolute Gasteiger partial charge is 0.00670 e. The molecule has 1 radical (unpaired) electrons. The highest BCUT2D eigenvalue weighted by Crippen LogP contribution is 2.30. The summed E-state index contributed by atoms with van der Waals surface area (Å²) in [5, 5.41) is 2.63. The Labute approximate surface area is 108 Å². The quantitative estimate of drug-likeness (QED) is 0.557. The van der Waals surface area contributed by atoms with Gasteiger partial charge in [0.1, 0.15) is 0 Å². The van der Waals surface area contributed by atoms with Crippen LogP contribution in [0.3, 0.4) is 0 Å². The normalized spacial score (nSPS) is 10.8. The molecule has 0 N–H and O–H groups in total. The van der Waals surface area contributed by atoms with Gasteiger partial charge in [-0.3, -0.25) is 0 Å². The van der Waals surface area contributed by atoms with E-state index in [1.54, 1.807) is 0 Å². The summed E-state index contributed by atoms with van der Waals surface area (Å²) in [6, 6.07) is 22.7. The number of fused-ring (bicyclic) bond motifs is 1. The Kier molecular flexibility index (Phi) is 2.64. The predicted molar refractivity (Wildman–Crippen MR) is 77.7 cm³/mol. The van der Waals surface area contributed by atoms with Crippen molar-refractivity contribution in [2.75, 3.05) is 0 Å². The van der Waals surface area contributed by atoms with Crippen LogP contribution in [0, 0.1) is 19.9 Å². The van der Waals surface area contributed by atoms with Crippen LogP contribution in [-0.2, 0) is 0 Å². The molecule has 0 saturated heterocycles. The largest absolute Gasteiger partial charge is 0.0616 e.